The van der Waals surface area contributed by atoms with Crippen molar-refractivity contribution in [3.8, 4) is 5.75 Å². The molecule has 0 N–H and O–H groups in total. The highest BCUT2D eigenvalue weighted by Gasteiger charge is 2.13. The third-order valence-electron chi connectivity index (χ3n) is 1.92. The SMILES string of the molecule is CO/C=C(/Oc1ccccc1C)C(=O)OC. The van der Waals surface area contributed by atoms with E-state index in [0.717, 1.165) is 5.56 Å². The topological polar surface area (TPSA) is 44.8 Å². The van der Waals surface area contributed by atoms with Crippen LogP contribution in [0.1, 0.15) is 5.56 Å². The van der Waals surface area contributed by atoms with Crippen LogP contribution in [0.4, 0.5) is 0 Å². The Morgan fingerprint density at radius 2 is 1.94 bits per heavy atom. The Balaban J connectivity index is 2.89. The zero-order chi connectivity index (χ0) is 12.0. The van der Waals surface area contributed by atoms with Gasteiger partial charge in [-0.2, -0.15) is 0 Å². The fraction of sp³-hybridized carbons (Fsp3) is 0.250. The van der Waals surface area contributed by atoms with Crippen LogP contribution in [0.3, 0.4) is 0 Å². The molecule has 1 aromatic rings. The summed E-state index contributed by atoms with van der Waals surface area (Å²) in [5.74, 6) is 0.0283. The lowest BCUT2D eigenvalue weighted by molar-refractivity contribution is -0.138. The number of carbonyl (C=O) groups excluding carboxylic acids is 1. The average molecular weight is 222 g/mol. The van der Waals surface area contributed by atoms with Crippen LogP contribution in [0.15, 0.2) is 36.3 Å². The fourth-order valence-corrected chi connectivity index (χ4v) is 1.11. The maximum atomic E-state index is 11.3. The first-order chi connectivity index (χ1) is 7.69. The molecule has 0 bridgehead atoms. The minimum atomic E-state index is -0.579. The fourth-order valence-electron chi connectivity index (χ4n) is 1.11. The Kier molecular flexibility index (Phi) is 4.39. The van der Waals surface area contributed by atoms with Gasteiger partial charge in [0, 0.05) is 0 Å². The van der Waals surface area contributed by atoms with Crippen LogP contribution in [-0.2, 0) is 14.3 Å². The van der Waals surface area contributed by atoms with Crippen molar-refractivity contribution in [1.82, 2.24) is 0 Å². The molecule has 4 heteroatoms. The Labute approximate surface area is 94.4 Å². The summed E-state index contributed by atoms with van der Waals surface area (Å²) in [6.07, 6.45) is 1.21. The molecule has 0 radical (unpaired) electrons. The third kappa shape index (κ3) is 3.02. The number of ether oxygens (including phenoxy) is 3. The van der Waals surface area contributed by atoms with E-state index in [9.17, 15) is 4.79 Å². The Hall–Kier alpha value is -1.97. The summed E-state index contributed by atoms with van der Waals surface area (Å²) in [7, 11) is 2.72. The van der Waals surface area contributed by atoms with Crippen molar-refractivity contribution in [3.63, 3.8) is 0 Å². The Bertz CT molecular complexity index is 396. The van der Waals surface area contributed by atoms with Crippen molar-refractivity contribution in [1.29, 1.82) is 0 Å². The molecule has 86 valence electrons. The highest BCUT2D eigenvalue weighted by Crippen LogP contribution is 2.19. The molecule has 0 heterocycles. The van der Waals surface area contributed by atoms with E-state index in [2.05, 4.69) is 4.74 Å². The maximum Gasteiger partial charge on any atom is 0.377 e. The lowest BCUT2D eigenvalue weighted by atomic mass is 10.2. The van der Waals surface area contributed by atoms with Gasteiger partial charge in [0.1, 0.15) is 12.0 Å². The minimum absolute atomic E-state index is 0.0132. The van der Waals surface area contributed by atoms with Gasteiger partial charge in [0.15, 0.2) is 0 Å². The highest BCUT2D eigenvalue weighted by atomic mass is 16.6. The van der Waals surface area contributed by atoms with Gasteiger partial charge in [-0.15, -0.1) is 0 Å². The van der Waals surface area contributed by atoms with Gasteiger partial charge in [0.2, 0.25) is 5.76 Å². The summed E-state index contributed by atoms with van der Waals surface area (Å²) in [4.78, 5) is 11.3. The van der Waals surface area contributed by atoms with Crippen molar-refractivity contribution in [2.75, 3.05) is 14.2 Å². The van der Waals surface area contributed by atoms with Crippen LogP contribution in [0.2, 0.25) is 0 Å². The molecular formula is C12H14O4. The number of hydrogen-bond acceptors (Lipinski definition) is 4. The van der Waals surface area contributed by atoms with Crippen LogP contribution in [-0.4, -0.2) is 20.2 Å². The number of esters is 1. The molecule has 0 aliphatic carbocycles. The predicted octanol–water partition coefficient (Wildman–Crippen LogP) is 2.03. The summed E-state index contributed by atoms with van der Waals surface area (Å²) in [5, 5.41) is 0. The van der Waals surface area contributed by atoms with Gasteiger partial charge < -0.3 is 14.2 Å². The van der Waals surface area contributed by atoms with E-state index < -0.39 is 5.97 Å². The van der Waals surface area contributed by atoms with Crippen LogP contribution in [0.25, 0.3) is 0 Å². The Morgan fingerprint density at radius 3 is 2.50 bits per heavy atom. The van der Waals surface area contributed by atoms with E-state index in [1.807, 2.05) is 25.1 Å². The van der Waals surface area contributed by atoms with Gasteiger partial charge in [-0.1, -0.05) is 18.2 Å². The van der Waals surface area contributed by atoms with Crippen LogP contribution in [0.5, 0.6) is 5.75 Å². The van der Waals surface area contributed by atoms with Gasteiger partial charge in [-0.3, -0.25) is 0 Å². The second kappa shape index (κ2) is 5.80. The summed E-state index contributed by atoms with van der Waals surface area (Å²) >= 11 is 0. The van der Waals surface area contributed by atoms with Crippen molar-refractivity contribution in [3.05, 3.63) is 41.9 Å². The number of rotatable bonds is 4. The van der Waals surface area contributed by atoms with Crippen LogP contribution >= 0.6 is 0 Å². The van der Waals surface area contributed by atoms with E-state index in [1.165, 1.54) is 20.5 Å². The van der Waals surface area contributed by atoms with Gasteiger partial charge >= 0.3 is 5.97 Å². The predicted molar refractivity (Wildman–Crippen MR) is 58.9 cm³/mol. The summed E-state index contributed by atoms with van der Waals surface area (Å²) in [6.45, 7) is 1.89. The molecule has 0 saturated heterocycles. The molecule has 0 aliphatic rings. The molecule has 0 spiro atoms. The lowest BCUT2D eigenvalue weighted by Gasteiger charge is -2.09. The van der Waals surface area contributed by atoms with Gasteiger partial charge in [0.05, 0.1) is 14.2 Å². The molecule has 0 amide bonds. The second-order valence-electron chi connectivity index (χ2n) is 3.08. The number of carbonyl (C=O) groups is 1. The monoisotopic (exact) mass is 222 g/mol. The van der Waals surface area contributed by atoms with Crippen molar-refractivity contribution in [2.24, 2.45) is 0 Å². The molecule has 0 aromatic heterocycles. The molecule has 1 aromatic carbocycles. The molecule has 0 saturated carbocycles. The highest BCUT2D eigenvalue weighted by molar-refractivity contribution is 5.86. The van der Waals surface area contributed by atoms with Gasteiger partial charge in [-0.05, 0) is 18.6 Å². The second-order valence-corrected chi connectivity index (χ2v) is 3.08. The molecule has 0 aliphatic heterocycles. The van der Waals surface area contributed by atoms with Gasteiger partial charge in [-0.25, -0.2) is 4.79 Å². The number of aryl methyl sites for hydroxylation is 1. The van der Waals surface area contributed by atoms with Gasteiger partial charge in [0.25, 0.3) is 0 Å². The molecule has 1 rings (SSSR count). The van der Waals surface area contributed by atoms with E-state index in [-0.39, 0.29) is 5.76 Å². The number of methoxy groups -OCH3 is 2. The lowest BCUT2D eigenvalue weighted by Crippen LogP contribution is -2.11. The molecule has 0 fully saturated rings. The van der Waals surface area contributed by atoms with Crippen molar-refractivity contribution in [2.45, 2.75) is 6.92 Å². The molecule has 0 unspecified atom stereocenters. The zero-order valence-corrected chi connectivity index (χ0v) is 9.52. The summed E-state index contributed by atoms with van der Waals surface area (Å²) in [5.41, 5.74) is 0.924. The van der Waals surface area contributed by atoms with Crippen molar-refractivity contribution >= 4 is 5.97 Å². The first-order valence-corrected chi connectivity index (χ1v) is 4.73. The van der Waals surface area contributed by atoms with E-state index in [4.69, 9.17) is 9.47 Å². The van der Waals surface area contributed by atoms with E-state index in [1.54, 1.807) is 6.07 Å². The number of benzene rings is 1. The number of hydrogen-bond donors (Lipinski definition) is 0. The molecular weight excluding hydrogens is 208 g/mol. The molecule has 16 heavy (non-hydrogen) atoms. The average Bonchev–Trinajstić information content (AvgIpc) is 2.30. The van der Waals surface area contributed by atoms with E-state index >= 15 is 0 Å². The molecule has 4 nitrogen and oxygen atoms in total. The Morgan fingerprint density at radius 1 is 1.25 bits per heavy atom. The largest absolute Gasteiger partial charge is 0.500 e. The quantitative estimate of drug-likeness (QED) is 0.444. The molecule has 0 atom stereocenters. The number of para-hydroxylation sites is 1. The van der Waals surface area contributed by atoms with Crippen molar-refractivity contribution < 1.29 is 19.0 Å². The summed E-state index contributed by atoms with van der Waals surface area (Å²) < 4.78 is 14.7. The normalized spacial score (nSPS) is 10.8. The zero-order valence-electron chi connectivity index (χ0n) is 9.52. The standard InChI is InChI=1S/C12H14O4/c1-9-6-4-5-7-10(9)16-11(8-14-2)12(13)15-3/h4-8H,1-3H3/b11-8+. The first kappa shape index (κ1) is 12.1. The summed E-state index contributed by atoms with van der Waals surface area (Å²) in [6, 6.07) is 7.36. The van der Waals surface area contributed by atoms with E-state index in [0.29, 0.717) is 5.75 Å². The van der Waals surface area contributed by atoms with Crippen LogP contribution < -0.4 is 4.74 Å². The first-order valence-electron chi connectivity index (χ1n) is 4.73. The smallest absolute Gasteiger partial charge is 0.377 e. The maximum absolute atomic E-state index is 11.3. The minimum Gasteiger partial charge on any atom is -0.500 e. The van der Waals surface area contributed by atoms with Crippen LogP contribution in [0, 0.1) is 6.92 Å². The third-order valence-corrected chi connectivity index (χ3v) is 1.92.